The van der Waals surface area contributed by atoms with Crippen molar-refractivity contribution in [1.82, 2.24) is 10.2 Å². The van der Waals surface area contributed by atoms with Crippen molar-refractivity contribution < 1.29 is 4.74 Å². The predicted octanol–water partition coefficient (Wildman–Crippen LogP) is 2.94. The molecule has 2 atom stereocenters. The van der Waals surface area contributed by atoms with Crippen LogP contribution in [-0.4, -0.2) is 43.2 Å². The molecule has 1 aromatic carbocycles. The first-order chi connectivity index (χ1) is 9.83. The summed E-state index contributed by atoms with van der Waals surface area (Å²) in [7, 11) is 0. The standard InChI is InChI=1S/C16H23ClN2O/c17-13-5-7-14(8-6-13)20-12-11-19-10-2-4-16(19)15-3-1-9-18-15/h5-8,15-16,18H,1-4,9-12H2. The summed E-state index contributed by atoms with van der Waals surface area (Å²) in [6, 6.07) is 9.03. The molecule has 2 aliphatic rings. The molecule has 0 aliphatic carbocycles. The lowest BCUT2D eigenvalue weighted by molar-refractivity contribution is 0.174. The maximum absolute atomic E-state index is 5.87. The smallest absolute Gasteiger partial charge is 0.119 e. The van der Waals surface area contributed by atoms with Gasteiger partial charge in [-0.2, -0.15) is 0 Å². The third kappa shape index (κ3) is 3.46. The van der Waals surface area contributed by atoms with Crippen LogP contribution in [0, 0.1) is 0 Å². The Balaban J connectivity index is 1.46. The van der Waals surface area contributed by atoms with Crippen LogP contribution >= 0.6 is 11.6 Å². The molecule has 4 heteroatoms. The number of benzene rings is 1. The van der Waals surface area contributed by atoms with E-state index in [0.29, 0.717) is 12.1 Å². The van der Waals surface area contributed by atoms with Crippen LogP contribution in [0.1, 0.15) is 25.7 Å². The molecule has 0 amide bonds. The highest BCUT2D eigenvalue weighted by Crippen LogP contribution is 2.24. The van der Waals surface area contributed by atoms with Crippen molar-refractivity contribution in [3.63, 3.8) is 0 Å². The van der Waals surface area contributed by atoms with E-state index in [1.54, 1.807) is 0 Å². The van der Waals surface area contributed by atoms with E-state index in [1.165, 1.54) is 38.8 Å². The van der Waals surface area contributed by atoms with Crippen molar-refractivity contribution in [3.05, 3.63) is 29.3 Å². The Morgan fingerprint density at radius 2 is 2.05 bits per heavy atom. The molecule has 2 aliphatic heterocycles. The number of rotatable bonds is 5. The largest absolute Gasteiger partial charge is 0.492 e. The molecule has 20 heavy (non-hydrogen) atoms. The zero-order chi connectivity index (χ0) is 13.8. The molecular weight excluding hydrogens is 272 g/mol. The highest BCUT2D eigenvalue weighted by Gasteiger charge is 2.32. The summed E-state index contributed by atoms with van der Waals surface area (Å²) >= 11 is 5.87. The minimum Gasteiger partial charge on any atom is -0.492 e. The van der Waals surface area contributed by atoms with Gasteiger partial charge in [0.15, 0.2) is 0 Å². The second kappa shape index (κ2) is 6.79. The molecule has 0 radical (unpaired) electrons. The summed E-state index contributed by atoms with van der Waals surface area (Å²) in [5.74, 6) is 0.907. The second-order valence-corrected chi connectivity index (χ2v) is 6.19. The first-order valence-corrected chi connectivity index (χ1v) is 8.06. The normalized spacial score (nSPS) is 27.1. The molecule has 110 valence electrons. The number of hydrogen-bond donors (Lipinski definition) is 1. The average molecular weight is 295 g/mol. The van der Waals surface area contributed by atoms with Crippen molar-refractivity contribution in [3.8, 4) is 5.75 Å². The molecule has 2 heterocycles. The van der Waals surface area contributed by atoms with Crippen LogP contribution in [0.5, 0.6) is 5.75 Å². The molecule has 2 unspecified atom stereocenters. The number of ether oxygens (including phenoxy) is 1. The van der Waals surface area contributed by atoms with Crippen LogP contribution in [0.15, 0.2) is 24.3 Å². The zero-order valence-electron chi connectivity index (χ0n) is 11.9. The van der Waals surface area contributed by atoms with E-state index in [0.717, 1.165) is 23.9 Å². The number of halogens is 1. The quantitative estimate of drug-likeness (QED) is 0.904. The SMILES string of the molecule is Clc1ccc(OCCN2CCCC2C2CCCN2)cc1. The summed E-state index contributed by atoms with van der Waals surface area (Å²) in [5.41, 5.74) is 0. The van der Waals surface area contributed by atoms with Gasteiger partial charge in [0.05, 0.1) is 0 Å². The van der Waals surface area contributed by atoms with Gasteiger partial charge < -0.3 is 10.1 Å². The molecule has 0 spiro atoms. The van der Waals surface area contributed by atoms with Gasteiger partial charge in [0.1, 0.15) is 12.4 Å². The van der Waals surface area contributed by atoms with Crippen LogP contribution in [-0.2, 0) is 0 Å². The number of likely N-dealkylation sites (tertiary alicyclic amines) is 1. The van der Waals surface area contributed by atoms with Crippen molar-refractivity contribution in [2.45, 2.75) is 37.8 Å². The fourth-order valence-corrected chi connectivity index (χ4v) is 3.56. The van der Waals surface area contributed by atoms with Crippen molar-refractivity contribution >= 4 is 11.6 Å². The van der Waals surface area contributed by atoms with Gasteiger partial charge in [0, 0.05) is 23.7 Å². The maximum atomic E-state index is 5.87. The Kier molecular flexibility index (Phi) is 4.81. The molecule has 3 rings (SSSR count). The first kappa shape index (κ1) is 14.2. The summed E-state index contributed by atoms with van der Waals surface area (Å²) in [5, 5.41) is 4.40. The Morgan fingerprint density at radius 1 is 1.20 bits per heavy atom. The van der Waals surface area contributed by atoms with E-state index >= 15 is 0 Å². The van der Waals surface area contributed by atoms with Crippen LogP contribution in [0.2, 0.25) is 5.02 Å². The molecule has 0 saturated carbocycles. The van der Waals surface area contributed by atoms with Gasteiger partial charge in [-0.3, -0.25) is 4.90 Å². The monoisotopic (exact) mass is 294 g/mol. The average Bonchev–Trinajstić information content (AvgIpc) is 3.11. The summed E-state index contributed by atoms with van der Waals surface area (Å²) in [4.78, 5) is 2.60. The van der Waals surface area contributed by atoms with Gasteiger partial charge in [0.25, 0.3) is 0 Å². The molecule has 2 fully saturated rings. The maximum Gasteiger partial charge on any atom is 0.119 e. The van der Waals surface area contributed by atoms with Gasteiger partial charge in [-0.1, -0.05) is 11.6 Å². The van der Waals surface area contributed by atoms with Gasteiger partial charge in [-0.25, -0.2) is 0 Å². The Bertz CT molecular complexity index is 417. The van der Waals surface area contributed by atoms with E-state index in [-0.39, 0.29) is 0 Å². The minimum atomic E-state index is 0.702. The van der Waals surface area contributed by atoms with Crippen LogP contribution in [0.3, 0.4) is 0 Å². The highest BCUT2D eigenvalue weighted by molar-refractivity contribution is 6.30. The summed E-state index contributed by atoms with van der Waals surface area (Å²) in [6.45, 7) is 4.18. The predicted molar refractivity (Wildman–Crippen MR) is 82.6 cm³/mol. The van der Waals surface area contributed by atoms with Crippen LogP contribution in [0.25, 0.3) is 0 Å². The number of nitrogens with one attached hydrogen (secondary N) is 1. The van der Waals surface area contributed by atoms with E-state index in [1.807, 2.05) is 24.3 Å². The summed E-state index contributed by atoms with van der Waals surface area (Å²) in [6.07, 6.45) is 5.32. The molecule has 3 nitrogen and oxygen atoms in total. The van der Waals surface area contributed by atoms with E-state index in [4.69, 9.17) is 16.3 Å². The van der Waals surface area contributed by atoms with Crippen LogP contribution < -0.4 is 10.1 Å². The van der Waals surface area contributed by atoms with Crippen molar-refractivity contribution in [1.29, 1.82) is 0 Å². The topological polar surface area (TPSA) is 24.5 Å². The third-order valence-electron chi connectivity index (χ3n) is 4.44. The molecule has 0 bridgehead atoms. The lowest BCUT2D eigenvalue weighted by atomic mass is 10.0. The molecular formula is C16H23ClN2O. The van der Waals surface area contributed by atoms with E-state index < -0.39 is 0 Å². The van der Waals surface area contributed by atoms with Gasteiger partial charge >= 0.3 is 0 Å². The Labute approximate surface area is 126 Å². The lowest BCUT2D eigenvalue weighted by Crippen LogP contribution is -2.45. The first-order valence-electron chi connectivity index (χ1n) is 7.69. The van der Waals surface area contributed by atoms with Gasteiger partial charge in [-0.15, -0.1) is 0 Å². The van der Waals surface area contributed by atoms with Gasteiger partial charge in [-0.05, 0) is 63.0 Å². The Morgan fingerprint density at radius 3 is 2.80 bits per heavy atom. The number of nitrogens with zero attached hydrogens (tertiary/aromatic N) is 1. The molecule has 0 aromatic heterocycles. The Hall–Kier alpha value is -0.770. The number of hydrogen-bond acceptors (Lipinski definition) is 3. The summed E-state index contributed by atoms with van der Waals surface area (Å²) < 4.78 is 5.81. The van der Waals surface area contributed by atoms with Crippen molar-refractivity contribution in [2.75, 3.05) is 26.2 Å². The minimum absolute atomic E-state index is 0.702. The van der Waals surface area contributed by atoms with Crippen molar-refractivity contribution in [2.24, 2.45) is 0 Å². The van der Waals surface area contributed by atoms with Gasteiger partial charge in [0.2, 0.25) is 0 Å². The molecule has 1 N–H and O–H groups in total. The lowest BCUT2D eigenvalue weighted by Gasteiger charge is -2.29. The fourth-order valence-electron chi connectivity index (χ4n) is 3.44. The highest BCUT2D eigenvalue weighted by atomic mass is 35.5. The van der Waals surface area contributed by atoms with E-state index in [9.17, 15) is 0 Å². The second-order valence-electron chi connectivity index (χ2n) is 5.75. The molecule has 2 saturated heterocycles. The van der Waals surface area contributed by atoms with Crippen LogP contribution in [0.4, 0.5) is 0 Å². The third-order valence-corrected chi connectivity index (χ3v) is 4.69. The molecule has 1 aromatic rings. The fraction of sp³-hybridized carbons (Fsp3) is 0.625. The van der Waals surface area contributed by atoms with E-state index in [2.05, 4.69) is 10.2 Å². The zero-order valence-corrected chi connectivity index (χ0v) is 12.6.